The van der Waals surface area contributed by atoms with Crippen LogP contribution in [0.4, 0.5) is 0 Å². The lowest BCUT2D eigenvalue weighted by Gasteiger charge is -2.24. The second-order valence-electron chi connectivity index (χ2n) is 9.42. The number of carboxylic acids is 1. The third kappa shape index (κ3) is 5.85. The molecule has 0 atom stereocenters. The number of aromatic nitrogens is 2. The number of benzene rings is 1. The molecule has 3 heterocycles. The van der Waals surface area contributed by atoms with E-state index in [2.05, 4.69) is 28.3 Å². The number of carbonyl (C=O) groups is 1. The van der Waals surface area contributed by atoms with Crippen LogP contribution < -0.4 is 10.1 Å². The minimum absolute atomic E-state index is 0.472. The van der Waals surface area contributed by atoms with Crippen molar-refractivity contribution in [1.82, 2.24) is 15.3 Å². The first-order valence-electron chi connectivity index (χ1n) is 11.7. The molecular weight excluding hydrogens is 478 g/mol. The topological polar surface area (TPSA) is 111 Å². The zero-order chi connectivity index (χ0) is 26.0. The standard InChI is InChI=1S/C27H31N3O5S/c1-15-9-19(10-16(2)24(15)35-27(5,6)26(31)32)12-28-13-23-29-20(14-33-23)11-21-18(4)34-25(30-21)22-8-7-17(3)36-22/h7-10,14,28H,11-13H2,1-6H3,(H,31,32). The van der Waals surface area contributed by atoms with Crippen molar-refractivity contribution in [3.63, 3.8) is 0 Å². The average molecular weight is 510 g/mol. The van der Waals surface area contributed by atoms with Gasteiger partial charge in [-0.2, -0.15) is 0 Å². The number of thiophene rings is 1. The molecule has 4 aromatic rings. The van der Waals surface area contributed by atoms with Crippen LogP contribution in [-0.4, -0.2) is 26.6 Å². The summed E-state index contributed by atoms with van der Waals surface area (Å²) in [6.45, 7) is 12.0. The molecule has 1 aromatic carbocycles. The number of aryl methyl sites for hydroxylation is 4. The van der Waals surface area contributed by atoms with Crippen molar-refractivity contribution in [2.24, 2.45) is 0 Å². The molecule has 36 heavy (non-hydrogen) atoms. The number of aliphatic carboxylic acids is 1. The van der Waals surface area contributed by atoms with E-state index < -0.39 is 11.6 Å². The summed E-state index contributed by atoms with van der Waals surface area (Å²) in [7, 11) is 0. The monoisotopic (exact) mass is 509 g/mol. The lowest BCUT2D eigenvalue weighted by atomic mass is 10.0. The molecule has 0 spiro atoms. The van der Waals surface area contributed by atoms with Gasteiger partial charge in [-0.1, -0.05) is 12.1 Å². The van der Waals surface area contributed by atoms with Crippen LogP contribution >= 0.6 is 11.3 Å². The Morgan fingerprint density at radius 2 is 1.83 bits per heavy atom. The molecule has 0 aliphatic rings. The van der Waals surface area contributed by atoms with Gasteiger partial charge in [-0.3, -0.25) is 0 Å². The first-order valence-corrected chi connectivity index (χ1v) is 12.5. The van der Waals surface area contributed by atoms with Gasteiger partial charge in [0.2, 0.25) is 11.8 Å². The summed E-state index contributed by atoms with van der Waals surface area (Å²) in [5.74, 6) is 1.61. The van der Waals surface area contributed by atoms with Crippen LogP contribution in [0.5, 0.6) is 5.75 Å². The summed E-state index contributed by atoms with van der Waals surface area (Å²) in [5.41, 5.74) is 3.19. The minimum Gasteiger partial charge on any atom is -0.478 e. The van der Waals surface area contributed by atoms with E-state index in [1.807, 2.05) is 39.0 Å². The Kier molecular flexibility index (Phi) is 7.33. The van der Waals surface area contributed by atoms with Gasteiger partial charge < -0.3 is 24.0 Å². The Morgan fingerprint density at radius 3 is 2.47 bits per heavy atom. The lowest BCUT2D eigenvalue weighted by Crippen LogP contribution is -2.38. The summed E-state index contributed by atoms with van der Waals surface area (Å²) in [6, 6.07) is 8.07. The number of oxazole rings is 2. The first-order chi connectivity index (χ1) is 17.0. The molecule has 0 unspecified atom stereocenters. The smallest absolute Gasteiger partial charge is 0.347 e. The van der Waals surface area contributed by atoms with Gasteiger partial charge in [0, 0.05) is 17.8 Å². The number of ether oxygens (including phenoxy) is 1. The van der Waals surface area contributed by atoms with Crippen molar-refractivity contribution in [3.05, 3.63) is 75.1 Å². The zero-order valence-electron chi connectivity index (χ0n) is 21.4. The van der Waals surface area contributed by atoms with Crippen molar-refractivity contribution in [3.8, 4) is 16.5 Å². The molecule has 2 N–H and O–H groups in total. The fourth-order valence-electron chi connectivity index (χ4n) is 3.85. The van der Waals surface area contributed by atoms with E-state index in [0.29, 0.717) is 37.0 Å². The summed E-state index contributed by atoms with van der Waals surface area (Å²) >= 11 is 1.66. The molecule has 0 saturated carbocycles. The van der Waals surface area contributed by atoms with E-state index in [4.69, 9.17) is 13.6 Å². The minimum atomic E-state index is -1.30. The third-order valence-electron chi connectivity index (χ3n) is 5.79. The number of rotatable bonds is 10. The molecule has 8 nitrogen and oxygen atoms in total. The quantitative estimate of drug-likeness (QED) is 0.278. The largest absolute Gasteiger partial charge is 0.478 e. The SMILES string of the molecule is Cc1ccc(-c2nc(Cc3coc(CNCc4cc(C)c(OC(C)(C)C(=O)O)c(C)c4)n3)c(C)o2)s1. The third-order valence-corrected chi connectivity index (χ3v) is 6.78. The zero-order valence-corrected chi connectivity index (χ0v) is 22.2. The van der Waals surface area contributed by atoms with Crippen LogP contribution in [0, 0.1) is 27.7 Å². The number of hydrogen-bond acceptors (Lipinski definition) is 8. The van der Waals surface area contributed by atoms with Gasteiger partial charge in [0.1, 0.15) is 17.8 Å². The van der Waals surface area contributed by atoms with Crippen LogP contribution in [0.2, 0.25) is 0 Å². The van der Waals surface area contributed by atoms with Crippen LogP contribution in [0.15, 0.2) is 39.4 Å². The fraction of sp³-hybridized carbons (Fsp3) is 0.370. The highest BCUT2D eigenvalue weighted by Crippen LogP contribution is 2.30. The molecule has 4 rings (SSSR count). The van der Waals surface area contributed by atoms with Gasteiger partial charge in [0.05, 0.1) is 22.8 Å². The molecule has 0 bridgehead atoms. The first kappa shape index (κ1) is 25.7. The second kappa shape index (κ2) is 10.3. The lowest BCUT2D eigenvalue weighted by molar-refractivity contribution is -0.152. The molecule has 0 amide bonds. The Hall–Kier alpha value is -3.43. The maximum Gasteiger partial charge on any atom is 0.347 e. The van der Waals surface area contributed by atoms with E-state index in [-0.39, 0.29) is 0 Å². The number of nitrogens with zero attached hydrogens (tertiary/aromatic N) is 2. The van der Waals surface area contributed by atoms with E-state index in [1.54, 1.807) is 31.4 Å². The Morgan fingerprint density at radius 1 is 1.11 bits per heavy atom. The molecule has 3 aromatic heterocycles. The van der Waals surface area contributed by atoms with Crippen LogP contribution in [0.25, 0.3) is 10.8 Å². The van der Waals surface area contributed by atoms with Gasteiger partial charge in [0.25, 0.3) is 0 Å². The molecule has 0 aliphatic heterocycles. The highest BCUT2D eigenvalue weighted by molar-refractivity contribution is 7.15. The molecule has 190 valence electrons. The normalized spacial score (nSPS) is 11.7. The molecule has 0 radical (unpaired) electrons. The van der Waals surface area contributed by atoms with Crippen molar-refractivity contribution in [2.45, 2.75) is 66.7 Å². The summed E-state index contributed by atoms with van der Waals surface area (Å²) in [5, 5.41) is 12.7. The van der Waals surface area contributed by atoms with Crippen molar-refractivity contribution in [1.29, 1.82) is 0 Å². The van der Waals surface area contributed by atoms with Crippen molar-refractivity contribution >= 4 is 17.3 Å². The molecular formula is C27H31N3O5S. The Bertz CT molecular complexity index is 1360. The van der Waals surface area contributed by atoms with Gasteiger partial charge in [-0.25, -0.2) is 14.8 Å². The van der Waals surface area contributed by atoms with Crippen molar-refractivity contribution < 1.29 is 23.5 Å². The van der Waals surface area contributed by atoms with Gasteiger partial charge in [0.15, 0.2) is 5.60 Å². The average Bonchev–Trinajstić information content (AvgIpc) is 3.52. The molecule has 0 saturated heterocycles. The predicted molar refractivity (Wildman–Crippen MR) is 137 cm³/mol. The van der Waals surface area contributed by atoms with Crippen LogP contribution in [-0.2, 0) is 24.3 Å². The van der Waals surface area contributed by atoms with E-state index in [0.717, 1.165) is 38.7 Å². The Balaban J connectivity index is 1.34. The van der Waals surface area contributed by atoms with Gasteiger partial charge in [-0.05, 0) is 70.4 Å². The van der Waals surface area contributed by atoms with Crippen LogP contribution in [0.3, 0.4) is 0 Å². The van der Waals surface area contributed by atoms with Crippen molar-refractivity contribution in [2.75, 3.05) is 0 Å². The summed E-state index contributed by atoms with van der Waals surface area (Å²) in [4.78, 5) is 22.9. The second-order valence-corrected chi connectivity index (χ2v) is 10.7. The number of carboxylic acid groups (broad SMARTS) is 1. The maximum atomic E-state index is 11.4. The van der Waals surface area contributed by atoms with Crippen LogP contribution in [0.1, 0.15) is 58.5 Å². The Labute approximate surface area is 214 Å². The highest BCUT2D eigenvalue weighted by atomic mass is 32.1. The van der Waals surface area contributed by atoms with Gasteiger partial charge in [-0.15, -0.1) is 11.3 Å². The van der Waals surface area contributed by atoms with Gasteiger partial charge >= 0.3 is 5.97 Å². The van der Waals surface area contributed by atoms with E-state index >= 15 is 0 Å². The number of hydrogen-bond donors (Lipinski definition) is 2. The molecule has 0 fully saturated rings. The predicted octanol–water partition coefficient (Wildman–Crippen LogP) is 5.75. The summed E-state index contributed by atoms with van der Waals surface area (Å²) in [6.07, 6.45) is 2.19. The maximum absolute atomic E-state index is 11.4. The highest BCUT2D eigenvalue weighted by Gasteiger charge is 2.30. The molecule has 0 aliphatic carbocycles. The summed E-state index contributed by atoms with van der Waals surface area (Å²) < 4.78 is 17.3. The molecule has 9 heteroatoms. The fourth-order valence-corrected chi connectivity index (χ4v) is 4.64. The number of nitrogens with one attached hydrogen (secondary N) is 1. The van der Waals surface area contributed by atoms with E-state index in [1.165, 1.54) is 4.88 Å². The van der Waals surface area contributed by atoms with E-state index in [9.17, 15) is 9.90 Å².